The summed E-state index contributed by atoms with van der Waals surface area (Å²) in [6, 6.07) is 4.37. The van der Waals surface area contributed by atoms with Crippen molar-refractivity contribution in [2.75, 3.05) is 25.9 Å². The van der Waals surface area contributed by atoms with Gasteiger partial charge in [0.15, 0.2) is 5.82 Å². The van der Waals surface area contributed by atoms with E-state index in [-0.39, 0.29) is 29.0 Å². The highest BCUT2D eigenvalue weighted by molar-refractivity contribution is 5.99. The predicted octanol–water partition coefficient (Wildman–Crippen LogP) is 2.17. The molecule has 0 bridgehead atoms. The number of nitrogens with one attached hydrogen (secondary N) is 1. The van der Waals surface area contributed by atoms with Crippen molar-refractivity contribution in [1.29, 1.82) is 0 Å². The van der Waals surface area contributed by atoms with Crippen molar-refractivity contribution in [2.24, 2.45) is 0 Å². The summed E-state index contributed by atoms with van der Waals surface area (Å²) in [5.74, 6) is -1.22. The molecule has 3 aromatic rings. The number of methoxy groups -OCH3 is 1. The molecule has 1 aliphatic rings. The van der Waals surface area contributed by atoms with Gasteiger partial charge >= 0.3 is 0 Å². The van der Waals surface area contributed by atoms with E-state index in [4.69, 9.17) is 10.5 Å². The lowest BCUT2D eigenvalue weighted by molar-refractivity contribution is -0.125. The summed E-state index contributed by atoms with van der Waals surface area (Å²) in [6.45, 7) is 4.44. The standard InChI is InChI=1S/C22H22F3N7O3/c1-3-15(33)31-7-6-12(9-31)17-16(18-21(26)27-10-28-32(18)30-17)11-4-5-13(14(8-11)35-2)22(34)29-20(25)19(23)24/h3-5,8,10,12,19-20H,1,6-7,9H2,2H3,(H,29,34)(H2,26,27,28). The molecule has 2 aromatic heterocycles. The van der Waals surface area contributed by atoms with Crippen LogP contribution in [0, 0.1) is 0 Å². The maximum absolute atomic E-state index is 13.4. The van der Waals surface area contributed by atoms with Gasteiger partial charge in [0.05, 0.1) is 18.4 Å². The normalized spacial score (nSPS) is 16.5. The number of hydrogen-bond acceptors (Lipinski definition) is 7. The van der Waals surface area contributed by atoms with E-state index in [1.54, 1.807) is 16.3 Å². The number of nitrogen functional groups attached to an aromatic ring is 1. The lowest BCUT2D eigenvalue weighted by atomic mass is 9.94. The second-order valence-electron chi connectivity index (χ2n) is 7.84. The first-order valence-electron chi connectivity index (χ1n) is 10.6. The number of rotatable bonds is 7. The first-order valence-corrected chi connectivity index (χ1v) is 10.6. The Labute approximate surface area is 197 Å². The molecule has 4 rings (SSSR count). The SMILES string of the molecule is C=CC(=O)N1CCC(c2nn3ncnc(N)c3c2-c2ccc(C(=O)NC(F)C(F)F)c(OC)c2)C1. The first kappa shape index (κ1) is 24.0. The Morgan fingerprint density at radius 1 is 1.34 bits per heavy atom. The first-order chi connectivity index (χ1) is 16.7. The zero-order chi connectivity index (χ0) is 25.3. The minimum atomic E-state index is -3.37. The largest absolute Gasteiger partial charge is 0.496 e. The summed E-state index contributed by atoms with van der Waals surface area (Å²) in [6.07, 6.45) is -3.05. The number of nitrogens with two attached hydrogens (primary N) is 1. The number of fused-ring (bicyclic) bond motifs is 1. The molecular formula is C22H22F3N7O3. The number of amides is 2. The number of aromatic nitrogens is 4. The lowest BCUT2D eigenvalue weighted by Crippen LogP contribution is -2.36. The van der Waals surface area contributed by atoms with Crippen molar-refractivity contribution >= 4 is 23.1 Å². The van der Waals surface area contributed by atoms with Crippen LogP contribution >= 0.6 is 0 Å². The highest BCUT2D eigenvalue weighted by atomic mass is 19.3. The maximum atomic E-state index is 13.4. The van der Waals surface area contributed by atoms with Crippen molar-refractivity contribution < 1.29 is 27.5 Å². The number of nitrogens with zero attached hydrogens (tertiary/aromatic N) is 5. The van der Waals surface area contributed by atoms with Crippen LogP contribution in [-0.4, -0.2) is 69.4 Å². The highest BCUT2D eigenvalue weighted by Gasteiger charge is 2.32. The van der Waals surface area contributed by atoms with Crippen LogP contribution in [0.4, 0.5) is 19.0 Å². The van der Waals surface area contributed by atoms with E-state index < -0.39 is 18.6 Å². The van der Waals surface area contributed by atoms with E-state index in [0.29, 0.717) is 41.8 Å². The van der Waals surface area contributed by atoms with Crippen LogP contribution in [-0.2, 0) is 4.79 Å². The number of ether oxygens (including phenoxy) is 1. The number of carbonyl (C=O) groups excluding carboxylic acids is 2. The molecule has 13 heteroatoms. The average Bonchev–Trinajstić information content (AvgIpc) is 3.48. The molecule has 2 unspecified atom stereocenters. The molecule has 35 heavy (non-hydrogen) atoms. The molecule has 1 aromatic carbocycles. The molecule has 3 heterocycles. The van der Waals surface area contributed by atoms with Gasteiger partial charge in [0, 0.05) is 24.6 Å². The number of alkyl halides is 3. The second-order valence-corrected chi connectivity index (χ2v) is 7.84. The van der Waals surface area contributed by atoms with Gasteiger partial charge in [-0.15, -0.1) is 9.73 Å². The lowest BCUT2D eigenvalue weighted by Gasteiger charge is -2.15. The van der Waals surface area contributed by atoms with E-state index >= 15 is 0 Å². The summed E-state index contributed by atoms with van der Waals surface area (Å²) in [4.78, 5) is 30.1. The Morgan fingerprint density at radius 3 is 2.80 bits per heavy atom. The number of halogens is 3. The molecule has 0 spiro atoms. The summed E-state index contributed by atoms with van der Waals surface area (Å²) in [7, 11) is 1.29. The third-order valence-corrected chi connectivity index (χ3v) is 5.78. The minimum Gasteiger partial charge on any atom is -0.496 e. The van der Waals surface area contributed by atoms with E-state index in [2.05, 4.69) is 21.8 Å². The number of benzene rings is 1. The molecule has 3 N–H and O–H groups in total. The number of anilines is 1. The molecule has 0 radical (unpaired) electrons. The van der Waals surface area contributed by atoms with Gasteiger partial charge in [-0.05, 0) is 30.2 Å². The zero-order valence-electron chi connectivity index (χ0n) is 18.6. The number of likely N-dealkylation sites (tertiary alicyclic amines) is 1. The Hall–Kier alpha value is -4.16. The summed E-state index contributed by atoms with van der Waals surface area (Å²) < 4.78 is 45.1. The third-order valence-electron chi connectivity index (χ3n) is 5.78. The zero-order valence-corrected chi connectivity index (χ0v) is 18.6. The molecule has 0 saturated carbocycles. The summed E-state index contributed by atoms with van der Waals surface area (Å²) in [5, 5.41) is 10.3. The second kappa shape index (κ2) is 9.60. The highest BCUT2D eigenvalue weighted by Crippen LogP contribution is 2.39. The van der Waals surface area contributed by atoms with Crippen molar-refractivity contribution in [2.45, 2.75) is 25.1 Å². The van der Waals surface area contributed by atoms with Crippen molar-refractivity contribution in [1.82, 2.24) is 30.0 Å². The molecule has 0 aliphatic carbocycles. The molecule has 2 amide bonds. The number of hydrogen-bond donors (Lipinski definition) is 2. The fraction of sp³-hybridized carbons (Fsp3) is 0.318. The van der Waals surface area contributed by atoms with Gasteiger partial charge in [0.25, 0.3) is 12.3 Å². The van der Waals surface area contributed by atoms with Gasteiger partial charge in [0.1, 0.15) is 17.6 Å². The van der Waals surface area contributed by atoms with E-state index in [1.807, 2.05) is 0 Å². The molecule has 10 nitrogen and oxygen atoms in total. The van der Waals surface area contributed by atoms with Crippen LogP contribution in [0.25, 0.3) is 16.6 Å². The van der Waals surface area contributed by atoms with Crippen LogP contribution in [0.15, 0.2) is 37.2 Å². The van der Waals surface area contributed by atoms with E-state index in [0.717, 1.165) is 0 Å². The topological polar surface area (TPSA) is 128 Å². The van der Waals surface area contributed by atoms with Gasteiger partial charge in [-0.25, -0.2) is 18.2 Å². The van der Waals surface area contributed by atoms with Crippen molar-refractivity contribution in [3.63, 3.8) is 0 Å². The van der Waals surface area contributed by atoms with Gasteiger partial charge in [-0.2, -0.15) is 5.10 Å². The Morgan fingerprint density at radius 2 is 2.11 bits per heavy atom. The summed E-state index contributed by atoms with van der Waals surface area (Å²) in [5.41, 5.74) is 8.13. The average molecular weight is 489 g/mol. The molecule has 184 valence electrons. The maximum Gasteiger partial charge on any atom is 0.287 e. The van der Waals surface area contributed by atoms with Crippen LogP contribution in [0.3, 0.4) is 0 Å². The summed E-state index contributed by atoms with van der Waals surface area (Å²) >= 11 is 0. The molecule has 1 fully saturated rings. The molecule has 2 atom stereocenters. The smallest absolute Gasteiger partial charge is 0.287 e. The Balaban J connectivity index is 1.79. The predicted molar refractivity (Wildman–Crippen MR) is 120 cm³/mol. The van der Waals surface area contributed by atoms with Crippen LogP contribution < -0.4 is 15.8 Å². The molecular weight excluding hydrogens is 467 g/mol. The fourth-order valence-corrected chi connectivity index (χ4v) is 4.12. The number of carbonyl (C=O) groups is 2. The Kier molecular flexibility index (Phi) is 6.58. The van der Waals surface area contributed by atoms with Gasteiger partial charge in [-0.1, -0.05) is 12.6 Å². The van der Waals surface area contributed by atoms with Crippen molar-refractivity contribution in [3.05, 3.63) is 48.4 Å². The van der Waals surface area contributed by atoms with Gasteiger partial charge in [0.2, 0.25) is 12.2 Å². The van der Waals surface area contributed by atoms with Gasteiger partial charge in [-0.3, -0.25) is 9.59 Å². The minimum absolute atomic E-state index is 0.0251. The van der Waals surface area contributed by atoms with Crippen molar-refractivity contribution in [3.8, 4) is 16.9 Å². The monoisotopic (exact) mass is 489 g/mol. The molecule has 1 saturated heterocycles. The van der Waals surface area contributed by atoms with Crippen LogP contribution in [0.1, 0.15) is 28.4 Å². The fourth-order valence-electron chi connectivity index (χ4n) is 4.12. The Bertz CT molecular complexity index is 1300. The van der Waals surface area contributed by atoms with Crippen LogP contribution in [0.5, 0.6) is 5.75 Å². The van der Waals surface area contributed by atoms with E-state index in [1.165, 1.54) is 36.3 Å². The molecule has 1 aliphatic heterocycles. The third kappa shape index (κ3) is 4.48. The van der Waals surface area contributed by atoms with Gasteiger partial charge < -0.3 is 20.7 Å². The quantitative estimate of drug-likeness (QED) is 0.385. The van der Waals surface area contributed by atoms with Crippen LogP contribution in [0.2, 0.25) is 0 Å². The van der Waals surface area contributed by atoms with E-state index in [9.17, 15) is 22.8 Å².